The molecule has 0 aromatic carbocycles. The maximum Gasteiger partial charge on any atom is 0.356 e. The quantitative estimate of drug-likeness (QED) is 0.0698. The van der Waals surface area contributed by atoms with E-state index in [0.717, 1.165) is 0 Å². The van der Waals surface area contributed by atoms with Gasteiger partial charge in [-0.2, -0.15) is 10.2 Å². The average Bonchev–Trinajstić information content (AvgIpc) is 3.65. The predicted molar refractivity (Wildman–Crippen MR) is 151 cm³/mol. The Morgan fingerprint density at radius 3 is 2.21 bits per heavy atom. The number of rotatable bonds is 20. The number of hydrogen-bond acceptors (Lipinski definition) is 12. The van der Waals surface area contributed by atoms with Crippen LogP contribution in [0.5, 0.6) is 0 Å². The van der Waals surface area contributed by atoms with Gasteiger partial charge in [-0.15, -0.1) is 0 Å². The van der Waals surface area contributed by atoms with Gasteiger partial charge in [0.25, 0.3) is 11.8 Å². The zero-order chi connectivity index (χ0) is 31.6. The molecule has 4 amide bonds. The lowest BCUT2D eigenvalue weighted by Crippen LogP contribution is -2.51. The zero-order valence-corrected chi connectivity index (χ0v) is 24.3. The fraction of sp³-hybridized carbons (Fsp3) is 0.560. The smallest absolute Gasteiger partial charge is 0.356 e. The van der Waals surface area contributed by atoms with Gasteiger partial charge < -0.3 is 45.9 Å². The molecule has 18 heteroatoms. The van der Waals surface area contributed by atoms with Gasteiger partial charge in [0.15, 0.2) is 11.6 Å². The number of nitrogens with two attached hydrogens (primary N) is 1. The number of carbonyl (C=O) groups excluding carboxylic acids is 5. The minimum Gasteiger partial charge on any atom is -0.464 e. The van der Waals surface area contributed by atoms with E-state index in [2.05, 4.69) is 46.4 Å². The van der Waals surface area contributed by atoms with Gasteiger partial charge >= 0.3 is 5.97 Å². The van der Waals surface area contributed by atoms with Gasteiger partial charge in [-0.3, -0.25) is 29.4 Å². The molecule has 2 atom stereocenters. The highest BCUT2D eigenvalue weighted by Crippen LogP contribution is 2.10. The summed E-state index contributed by atoms with van der Waals surface area (Å²) in [4.78, 5) is 62.1. The molecule has 18 nitrogen and oxygen atoms in total. The maximum absolute atomic E-state index is 12.9. The number of anilines is 2. The second kappa shape index (κ2) is 18.9. The van der Waals surface area contributed by atoms with Crippen molar-refractivity contribution < 1.29 is 42.9 Å². The monoisotopic (exact) mass is 609 g/mol. The number of aromatic amines is 2. The van der Waals surface area contributed by atoms with E-state index in [9.17, 15) is 24.0 Å². The van der Waals surface area contributed by atoms with Gasteiger partial charge in [0.1, 0.15) is 30.1 Å². The first kappa shape index (κ1) is 34.8. The van der Waals surface area contributed by atoms with Crippen molar-refractivity contribution in [2.75, 3.05) is 64.4 Å². The summed E-state index contributed by atoms with van der Waals surface area (Å²) in [6.07, 6.45) is 1.42. The normalized spacial score (nSPS) is 12.2. The third-order valence-corrected chi connectivity index (χ3v) is 5.68. The number of unbranched alkanes of at least 4 members (excludes halogenated alkanes) is 1. The molecule has 2 rings (SSSR count). The van der Waals surface area contributed by atoms with Crippen LogP contribution in [0.4, 0.5) is 11.6 Å². The van der Waals surface area contributed by atoms with Crippen LogP contribution in [0.15, 0.2) is 12.1 Å². The summed E-state index contributed by atoms with van der Waals surface area (Å²) < 4.78 is 19.9. The summed E-state index contributed by atoms with van der Waals surface area (Å²) in [6.45, 7) is 2.98. The Hall–Kier alpha value is -4.39. The first-order valence-corrected chi connectivity index (χ1v) is 13.4. The maximum atomic E-state index is 12.9. The Morgan fingerprint density at radius 2 is 1.51 bits per heavy atom. The van der Waals surface area contributed by atoms with E-state index in [0.29, 0.717) is 39.2 Å². The van der Waals surface area contributed by atoms with Gasteiger partial charge in [0, 0.05) is 19.2 Å². The summed E-state index contributed by atoms with van der Waals surface area (Å²) >= 11 is 0. The van der Waals surface area contributed by atoms with E-state index in [1.807, 2.05) is 0 Å². The Bertz CT molecular complexity index is 1200. The summed E-state index contributed by atoms with van der Waals surface area (Å²) in [6, 6.07) is 0.556. The minimum absolute atomic E-state index is 0.0143. The summed E-state index contributed by atoms with van der Waals surface area (Å²) in [5, 5.41) is 22.8. The Labute approximate surface area is 247 Å². The van der Waals surface area contributed by atoms with E-state index in [-0.39, 0.29) is 42.7 Å². The number of aromatic nitrogens is 4. The number of methoxy groups -OCH3 is 2. The van der Waals surface area contributed by atoms with Crippen molar-refractivity contribution in [3.05, 3.63) is 23.5 Å². The molecule has 0 saturated heterocycles. The van der Waals surface area contributed by atoms with Crippen LogP contribution in [-0.2, 0) is 33.3 Å². The zero-order valence-electron chi connectivity index (χ0n) is 24.3. The lowest BCUT2D eigenvalue weighted by Gasteiger charge is -2.20. The van der Waals surface area contributed by atoms with Crippen LogP contribution < -0.4 is 27.0 Å². The molecule has 2 aromatic rings. The molecular weight excluding hydrogens is 570 g/mol. The van der Waals surface area contributed by atoms with Gasteiger partial charge in [-0.1, -0.05) is 0 Å². The number of carbonyl (C=O) groups is 5. The number of nitrogens with one attached hydrogen (secondary N) is 6. The molecule has 0 unspecified atom stereocenters. The SMILES string of the molecule is COCCOCCOCC(=O)Nc1cc(C(=O)N[C@@H](C)C(=O)N[C@@H](CCCCN)C(=O)Nc2cc(C(=O)OC)[nH]n2)[nH]n1. The first-order chi connectivity index (χ1) is 20.7. The molecule has 43 heavy (non-hydrogen) atoms. The lowest BCUT2D eigenvalue weighted by atomic mass is 10.1. The average molecular weight is 610 g/mol. The summed E-state index contributed by atoms with van der Waals surface area (Å²) in [5.41, 5.74) is 5.57. The number of ether oxygens (including phenoxy) is 4. The van der Waals surface area contributed by atoms with E-state index >= 15 is 0 Å². The molecule has 0 fully saturated rings. The molecule has 0 bridgehead atoms. The number of nitrogens with zero attached hydrogens (tertiary/aromatic N) is 2. The predicted octanol–water partition coefficient (Wildman–Crippen LogP) is -1.09. The van der Waals surface area contributed by atoms with Crippen molar-refractivity contribution in [3.8, 4) is 0 Å². The lowest BCUT2D eigenvalue weighted by molar-refractivity contribution is -0.127. The molecule has 0 aliphatic heterocycles. The number of esters is 1. The fourth-order valence-corrected chi connectivity index (χ4v) is 3.42. The first-order valence-electron chi connectivity index (χ1n) is 13.4. The number of H-pyrrole nitrogens is 2. The molecule has 2 aromatic heterocycles. The Kier molecular flexibility index (Phi) is 15.3. The van der Waals surface area contributed by atoms with Gasteiger partial charge in [-0.25, -0.2) is 4.79 Å². The second-order valence-electron chi connectivity index (χ2n) is 9.06. The highest BCUT2D eigenvalue weighted by Gasteiger charge is 2.26. The summed E-state index contributed by atoms with van der Waals surface area (Å²) in [5.74, 6) is -2.89. The highest BCUT2D eigenvalue weighted by molar-refractivity contribution is 6.00. The molecule has 8 N–H and O–H groups in total. The van der Waals surface area contributed by atoms with Crippen LogP contribution in [0, 0.1) is 0 Å². The number of hydrogen-bond donors (Lipinski definition) is 7. The molecule has 0 spiro atoms. The third kappa shape index (κ3) is 12.6. The van der Waals surface area contributed by atoms with Crippen LogP contribution in [-0.4, -0.2) is 116 Å². The van der Waals surface area contributed by atoms with Crippen LogP contribution in [0.2, 0.25) is 0 Å². The van der Waals surface area contributed by atoms with Crippen molar-refractivity contribution >= 4 is 41.2 Å². The van der Waals surface area contributed by atoms with E-state index in [1.165, 1.54) is 26.2 Å². The van der Waals surface area contributed by atoms with Crippen LogP contribution >= 0.6 is 0 Å². The van der Waals surface area contributed by atoms with E-state index in [4.69, 9.17) is 19.9 Å². The van der Waals surface area contributed by atoms with Gasteiger partial charge in [0.2, 0.25) is 11.8 Å². The van der Waals surface area contributed by atoms with Crippen molar-refractivity contribution in [1.29, 1.82) is 0 Å². The molecule has 0 saturated carbocycles. The topological polar surface area (TPSA) is 254 Å². The molecule has 0 aliphatic rings. The summed E-state index contributed by atoms with van der Waals surface area (Å²) in [7, 11) is 2.77. The Balaban J connectivity index is 1.86. The standard InChI is InChI=1S/C25H39N9O9/c1-15(27-24(38)17-12-19(33-31-17)29-21(35)14-43-11-10-42-9-8-40-2)22(36)28-16(6-4-5-7-26)23(37)30-20-13-18(32-34-20)25(39)41-3/h12-13,15-16H,4-11,14,26H2,1-3H3,(H,27,38)(H,28,36)(H2,29,31,33,35)(H2,30,32,34,37)/t15-,16-/m0/s1. The Morgan fingerprint density at radius 1 is 0.860 bits per heavy atom. The fourth-order valence-electron chi connectivity index (χ4n) is 3.42. The molecule has 238 valence electrons. The molecular formula is C25H39N9O9. The van der Waals surface area contributed by atoms with Gasteiger partial charge in [0.05, 0.1) is 33.5 Å². The van der Waals surface area contributed by atoms with E-state index < -0.39 is 41.7 Å². The third-order valence-electron chi connectivity index (χ3n) is 5.68. The number of amides is 4. The van der Waals surface area contributed by atoms with Crippen LogP contribution in [0.25, 0.3) is 0 Å². The molecule has 0 aliphatic carbocycles. The molecule has 0 radical (unpaired) electrons. The van der Waals surface area contributed by atoms with Crippen molar-refractivity contribution in [2.45, 2.75) is 38.3 Å². The van der Waals surface area contributed by atoms with Gasteiger partial charge in [-0.05, 0) is 32.7 Å². The van der Waals surface area contributed by atoms with Crippen LogP contribution in [0.3, 0.4) is 0 Å². The minimum atomic E-state index is -1.05. The van der Waals surface area contributed by atoms with Crippen molar-refractivity contribution in [3.63, 3.8) is 0 Å². The second-order valence-corrected chi connectivity index (χ2v) is 9.06. The largest absolute Gasteiger partial charge is 0.464 e. The van der Waals surface area contributed by atoms with Crippen molar-refractivity contribution in [1.82, 2.24) is 31.0 Å². The van der Waals surface area contributed by atoms with Crippen molar-refractivity contribution in [2.24, 2.45) is 5.73 Å². The molecule has 2 heterocycles. The van der Waals surface area contributed by atoms with E-state index in [1.54, 1.807) is 7.11 Å². The van der Waals surface area contributed by atoms with Crippen LogP contribution in [0.1, 0.15) is 47.2 Å². The highest BCUT2D eigenvalue weighted by atomic mass is 16.5.